The van der Waals surface area contributed by atoms with Gasteiger partial charge in [0.1, 0.15) is 6.10 Å². The number of aliphatic hydroxyl groups excluding tert-OH is 2. The molecule has 0 aliphatic carbocycles. The number of anilines is 2. The molecule has 4 N–H and O–H groups in total. The van der Waals surface area contributed by atoms with Crippen LogP contribution in [0.4, 0.5) is 15.8 Å². The minimum Gasteiger partial charge on any atom is -0.400 e. The van der Waals surface area contributed by atoms with Crippen molar-refractivity contribution in [3.63, 3.8) is 0 Å². The van der Waals surface area contributed by atoms with Crippen LogP contribution in [-0.2, 0) is 26.6 Å². The van der Waals surface area contributed by atoms with Crippen molar-refractivity contribution in [2.24, 2.45) is 0 Å². The number of H-pyrrole nitrogens is 1. The van der Waals surface area contributed by atoms with Gasteiger partial charge in [0.25, 0.3) is 14.1 Å². The van der Waals surface area contributed by atoms with Crippen LogP contribution >= 0.6 is 35.5 Å². The van der Waals surface area contributed by atoms with Crippen LogP contribution in [0.15, 0.2) is 70.4 Å². The number of aromatic amines is 1. The van der Waals surface area contributed by atoms with Crippen molar-refractivity contribution in [2.75, 3.05) is 30.3 Å². The Labute approximate surface area is 266 Å². The number of alkyl halides is 1. The predicted octanol–water partition coefficient (Wildman–Crippen LogP) is 2.72. The number of para-hydroxylation sites is 2. The van der Waals surface area contributed by atoms with Crippen molar-refractivity contribution in [1.29, 1.82) is 1.43 Å². The van der Waals surface area contributed by atoms with E-state index < -0.39 is 44.4 Å². The zero-order valence-electron chi connectivity index (χ0n) is 25.4. The van der Waals surface area contributed by atoms with Crippen LogP contribution in [0.3, 0.4) is 0 Å². The molecule has 5 heterocycles. The summed E-state index contributed by atoms with van der Waals surface area (Å²) in [6, 6.07) is 17.6. The first kappa shape index (κ1) is 32.0. The summed E-state index contributed by atoms with van der Waals surface area (Å²) < 4.78 is 49.3. The first-order chi connectivity index (χ1) is 20.9. The van der Waals surface area contributed by atoms with Gasteiger partial charge >= 0.3 is 5.69 Å². The third-order valence-corrected chi connectivity index (χ3v) is 8.95. The first-order valence-electron chi connectivity index (χ1n) is 14.3. The summed E-state index contributed by atoms with van der Waals surface area (Å²) in [5.41, 5.74) is 3.35. The van der Waals surface area contributed by atoms with Gasteiger partial charge in [0, 0.05) is 32.1 Å². The molecule has 236 valence electrons. The number of nitrogens with zero attached hydrogens (tertiary/aromatic N) is 2. The summed E-state index contributed by atoms with van der Waals surface area (Å²) in [4.78, 5) is 25.4. The number of rotatable bonds is 4. The Bertz CT molecular complexity index is 1490. The number of aromatic nitrogens is 2. The summed E-state index contributed by atoms with van der Waals surface area (Å²) in [5.74, 6) is 0. The topological polar surface area (TPSA) is 138 Å². The molecular formula is C28H38FN4O7PS2. The highest BCUT2D eigenvalue weighted by Crippen LogP contribution is 2.58. The number of nitrogens with one attached hydrogen (secondary N) is 2. The van der Waals surface area contributed by atoms with Gasteiger partial charge in [-0.1, -0.05) is 36.4 Å². The average Bonchev–Trinajstić information content (AvgIpc) is 3.77. The smallest absolute Gasteiger partial charge is 0.330 e. The van der Waals surface area contributed by atoms with E-state index in [1.807, 2.05) is 36.4 Å². The van der Waals surface area contributed by atoms with Gasteiger partial charge in [0.05, 0.1) is 31.4 Å². The van der Waals surface area contributed by atoms with Gasteiger partial charge in [-0.25, -0.2) is 9.18 Å². The van der Waals surface area contributed by atoms with Gasteiger partial charge < -0.3 is 34.0 Å². The molecule has 15 heteroatoms. The largest absolute Gasteiger partial charge is 0.400 e. The second-order valence-electron chi connectivity index (χ2n) is 9.85. The lowest BCUT2D eigenvalue weighted by atomic mass is 10.1. The first-order valence-corrected chi connectivity index (χ1v) is 14.3. The molecule has 2 aromatic carbocycles. The maximum Gasteiger partial charge on any atom is 0.330 e. The van der Waals surface area contributed by atoms with E-state index in [-0.39, 0.29) is 52.6 Å². The van der Waals surface area contributed by atoms with Crippen molar-refractivity contribution in [3.8, 4) is 0 Å². The van der Waals surface area contributed by atoms with Crippen LogP contribution in [0, 0.1) is 0 Å². The zero-order chi connectivity index (χ0) is 30.5. The molecule has 2 saturated heterocycles. The Kier molecular flexibility index (Phi) is 11.6. The number of fused-ring (bicyclic) bond motifs is 4. The van der Waals surface area contributed by atoms with E-state index in [2.05, 4.69) is 32.2 Å². The fraction of sp³-hybridized carbons (Fsp3) is 0.429. The van der Waals surface area contributed by atoms with Crippen LogP contribution in [0.2, 0.25) is 0 Å². The summed E-state index contributed by atoms with van der Waals surface area (Å²) in [6.07, 6.45) is -1.92. The quantitative estimate of drug-likeness (QED) is 0.312. The average molecular weight is 660 g/mol. The molecular weight excluding hydrogens is 618 g/mol. The number of hydrogen-bond acceptors (Lipinski definition) is 9. The molecule has 4 unspecified atom stereocenters. The van der Waals surface area contributed by atoms with Crippen LogP contribution in [0.5, 0.6) is 0 Å². The van der Waals surface area contributed by atoms with Crippen molar-refractivity contribution < 1.29 is 29.8 Å². The lowest BCUT2D eigenvalue weighted by molar-refractivity contribution is -0.0175. The Morgan fingerprint density at radius 1 is 1.16 bits per heavy atom. The normalized spacial score (nSPS) is 28.2. The number of halogens is 1. The SMILES string of the molecule is OC[C@@H]1Cc2ccccc2N1.S.S.[2H]CC1OC(n2ccc(=O)[nH]c2=O)C(F)C1O[P@@]1OC[C@@H]2Cc3ccccc3N21.[3H]OC. The molecule has 1 aromatic heterocycles. The summed E-state index contributed by atoms with van der Waals surface area (Å²) in [6.45, 7) is 0.469. The molecule has 7 atom stereocenters. The van der Waals surface area contributed by atoms with Crippen molar-refractivity contribution >= 4 is 46.9 Å². The molecule has 0 radical (unpaired) electrons. The molecule has 0 spiro atoms. The Morgan fingerprint density at radius 2 is 1.88 bits per heavy atom. The second-order valence-corrected chi connectivity index (χ2v) is 11.2. The molecule has 2 fully saturated rings. The van der Waals surface area contributed by atoms with Gasteiger partial charge in [-0.2, -0.15) is 27.0 Å². The molecule has 7 rings (SSSR count). The Balaban J connectivity index is 0.000000289. The number of ether oxygens (including phenoxy) is 1. The highest BCUT2D eigenvalue weighted by molar-refractivity contribution is 7.59. The van der Waals surface area contributed by atoms with Gasteiger partial charge in [0.15, 0.2) is 12.4 Å². The number of hydrogen-bond donors (Lipinski definition) is 4. The van der Waals surface area contributed by atoms with E-state index in [1.54, 1.807) is 0 Å². The van der Waals surface area contributed by atoms with Crippen molar-refractivity contribution in [3.05, 3.63) is 92.8 Å². The van der Waals surface area contributed by atoms with Gasteiger partial charge in [-0.15, -0.1) is 0 Å². The molecule has 0 bridgehead atoms. The molecule has 0 saturated carbocycles. The van der Waals surface area contributed by atoms with Crippen molar-refractivity contribution in [1.82, 2.24) is 9.55 Å². The van der Waals surface area contributed by atoms with E-state index in [4.69, 9.17) is 21.7 Å². The summed E-state index contributed by atoms with van der Waals surface area (Å²) in [5, 5.41) is 15.6. The van der Waals surface area contributed by atoms with E-state index in [9.17, 15) is 9.59 Å². The lowest BCUT2D eigenvalue weighted by Gasteiger charge is -2.27. The minimum atomic E-state index is -1.70. The van der Waals surface area contributed by atoms with Crippen LogP contribution in [-0.4, -0.2) is 72.0 Å². The minimum absolute atomic E-state index is 0. The summed E-state index contributed by atoms with van der Waals surface area (Å²) >= 11 is 0. The van der Waals surface area contributed by atoms with Gasteiger partial charge in [0.2, 0.25) is 1.43 Å². The maximum absolute atomic E-state index is 15.3. The molecule has 4 aliphatic rings. The van der Waals surface area contributed by atoms with E-state index >= 15 is 4.39 Å². The van der Waals surface area contributed by atoms with Crippen LogP contribution < -0.4 is 21.2 Å². The van der Waals surface area contributed by atoms with E-state index in [0.717, 1.165) is 29.2 Å². The lowest BCUT2D eigenvalue weighted by Crippen LogP contribution is -2.36. The standard InChI is InChI=1S/C18H19FN3O5P.C9H11NO.CH4O.2H2S/c1-10-16(15(19)17(26-10)21-7-6-14(23)20-18(21)24)27-28-22-12(9-25-28)8-11-4-2-3-5-13(11)22;11-6-8-5-7-3-1-2-4-9(7)10-8;1-2;;/h2-7,10,12,15-17H,8-9H2,1H3,(H,20,23,24);1-4,8,10-11H,5-6H2;2H,1H3;2*1H2/t10?,12-,15?,16?,17?,28+;8-;;;/m00.../s1/i1D;;2T;;. The fourth-order valence-corrected chi connectivity index (χ4v) is 7.18. The highest BCUT2D eigenvalue weighted by atomic mass is 32.1. The molecule has 0 amide bonds. The molecule has 43 heavy (non-hydrogen) atoms. The van der Waals surface area contributed by atoms with E-state index in [1.165, 1.54) is 30.1 Å². The number of aliphatic hydroxyl groups is 2. The maximum atomic E-state index is 15.3. The van der Waals surface area contributed by atoms with E-state index in [0.29, 0.717) is 6.61 Å². The Hall–Kier alpha value is -2.42. The van der Waals surface area contributed by atoms with Crippen molar-refractivity contribution in [2.45, 2.75) is 56.4 Å². The molecule has 3 aromatic rings. The van der Waals surface area contributed by atoms with Crippen LogP contribution in [0.25, 0.3) is 0 Å². The predicted molar refractivity (Wildman–Crippen MR) is 174 cm³/mol. The second kappa shape index (κ2) is 15.5. The summed E-state index contributed by atoms with van der Waals surface area (Å²) in [7, 11) is -0.266. The molecule has 4 aliphatic heterocycles. The van der Waals surface area contributed by atoms with Gasteiger partial charge in [-0.3, -0.25) is 14.3 Å². The third kappa shape index (κ3) is 7.29. The number of benzene rings is 2. The zero-order valence-corrected chi connectivity index (χ0v) is 26.3. The monoisotopic (exact) mass is 659 g/mol. The Morgan fingerprint density at radius 3 is 2.58 bits per heavy atom. The van der Waals surface area contributed by atoms with Crippen LogP contribution in [0.1, 0.15) is 25.6 Å². The van der Waals surface area contributed by atoms with Gasteiger partial charge in [-0.05, 0) is 43.0 Å². The fourth-order valence-electron chi connectivity index (χ4n) is 5.35. The highest BCUT2D eigenvalue weighted by Gasteiger charge is 2.50. The third-order valence-electron chi connectivity index (χ3n) is 7.26. The molecule has 11 nitrogen and oxygen atoms in total.